The quantitative estimate of drug-likeness (QED) is 0.103. The van der Waals surface area contributed by atoms with E-state index in [4.69, 9.17) is 4.74 Å². The van der Waals surface area contributed by atoms with E-state index in [0.717, 1.165) is 53.4 Å². The number of ether oxygens (including phenoxy) is 1. The van der Waals surface area contributed by atoms with Gasteiger partial charge in [0, 0.05) is 17.1 Å². The van der Waals surface area contributed by atoms with E-state index in [2.05, 4.69) is 182 Å². The van der Waals surface area contributed by atoms with Crippen LogP contribution in [-0.4, -0.2) is 6.61 Å². The summed E-state index contributed by atoms with van der Waals surface area (Å²) in [4.78, 5) is 2.28. The number of nitrogens with zero attached hydrogens (tertiary/aromatic N) is 1. The smallest absolute Gasteiger partial charge is 0.119 e. The van der Waals surface area contributed by atoms with Crippen molar-refractivity contribution in [3.05, 3.63) is 180 Å². The Morgan fingerprint density at radius 2 is 0.818 bits per heavy atom. The van der Waals surface area contributed by atoms with Crippen LogP contribution in [0.25, 0.3) is 24.3 Å². The van der Waals surface area contributed by atoms with Crippen molar-refractivity contribution in [2.45, 2.75) is 19.8 Å². The van der Waals surface area contributed by atoms with Crippen LogP contribution in [0.2, 0.25) is 0 Å². The van der Waals surface area contributed by atoms with Gasteiger partial charge < -0.3 is 9.64 Å². The minimum atomic E-state index is 0.741. The second kappa shape index (κ2) is 16.3. The largest absolute Gasteiger partial charge is 0.494 e. The van der Waals surface area contributed by atoms with Crippen molar-refractivity contribution in [3.63, 3.8) is 0 Å². The molecule has 0 atom stereocenters. The zero-order chi connectivity index (χ0) is 30.2. The molecule has 0 unspecified atom stereocenters. The molecular weight excluding hydrogens is 534 g/mol. The minimum Gasteiger partial charge on any atom is -0.494 e. The van der Waals surface area contributed by atoms with E-state index in [1.54, 1.807) is 0 Å². The molecular formula is C42H39NO. The molecule has 0 bridgehead atoms. The predicted molar refractivity (Wildman–Crippen MR) is 191 cm³/mol. The van der Waals surface area contributed by atoms with Crippen LogP contribution in [-0.2, 0) is 0 Å². The lowest BCUT2D eigenvalue weighted by Crippen LogP contribution is -2.10. The Hall–Kier alpha value is -5.34. The lowest BCUT2D eigenvalue weighted by molar-refractivity contribution is 0.309. The number of unbranched alkanes of at least 4 members (excludes halogenated alkanes) is 1. The van der Waals surface area contributed by atoms with E-state index < -0.39 is 0 Å². The molecule has 0 amide bonds. The van der Waals surface area contributed by atoms with Gasteiger partial charge in [0.05, 0.1) is 6.61 Å². The molecule has 0 spiro atoms. The Bertz CT molecular complexity index is 1560. The maximum absolute atomic E-state index is 5.93. The predicted octanol–water partition coefficient (Wildman–Crippen LogP) is 11.8. The molecule has 44 heavy (non-hydrogen) atoms. The molecule has 5 rings (SSSR count). The van der Waals surface area contributed by atoms with Crippen molar-refractivity contribution in [2.75, 3.05) is 11.5 Å². The Labute approximate surface area is 262 Å². The maximum Gasteiger partial charge on any atom is 0.119 e. The molecule has 2 heteroatoms. The molecule has 0 N–H and O–H groups in total. The van der Waals surface area contributed by atoms with Crippen LogP contribution in [0.3, 0.4) is 0 Å². The second-order valence-corrected chi connectivity index (χ2v) is 10.5. The molecule has 0 heterocycles. The highest BCUT2D eigenvalue weighted by molar-refractivity contribution is 5.78. The van der Waals surface area contributed by atoms with E-state index in [1.807, 2.05) is 12.1 Å². The van der Waals surface area contributed by atoms with Crippen molar-refractivity contribution < 1.29 is 4.74 Å². The molecule has 0 aliphatic carbocycles. The number of benzene rings is 5. The molecule has 2 nitrogen and oxygen atoms in total. The van der Waals surface area contributed by atoms with Crippen LogP contribution in [0.15, 0.2) is 158 Å². The molecule has 5 aromatic rings. The summed E-state index contributed by atoms with van der Waals surface area (Å²) in [6.07, 6.45) is 19.0. The first-order chi connectivity index (χ1) is 21.8. The molecule has 218 valence electrons. The summed E-state index contributed by atoms with van der Waals surface area (Å²) in [7, 11) is 0. The number of hydrogen-bond acceptors (Lipinski definition) is 2. The maximum atomic E-state index is 5.93. The third-order valence-electron chi connectivity index (χ3n) is 7.14. The molecule has 0 aliphatic heterocycles. The van der Waals surface area contributed by atoms with Gasteiger partial charge in [-0.3, -0.25) is 0 Å². The number of rotatable bonds is 13. The van der Waals surface area contributed by atoms with Crippen LogP contribution in [0.1, 0.15) is 42.0 Å². The highest BCUT2D eigenvalue weighted by Crippen LogP contribution is 2.35. The SMILES string of the molecule is CCCCOc1ccc(N(c2ccc(C=CC=Cc3ccccc3)cc2)c2ccc(C=CC=Cc3ccccc3)cc2)cc1. The fraction of sp³-hybridized carbons (Fsp3) is 0.0952. The van der Waals surface area contributed by atoms with Gasteiger partial charge in [-0.05, 0) is 77.2 Å². The van der Waals surface area contributed by atoms with Crippen molar-refractivity contribution >= 4 is 41.4 Å². The fourth-order valence-corrected chi connectivity index (χ4v) is 4.74. The van der Waals surface area contributed by atoms with Crippen LogP contribution in [0.4, 0.5) is 17.1 Å². The van der Waals surface area contributed by atoms with Gasteiger partial charge in [0.15, 0.2) is 0 Å². The van der Waals surface area contributed by atoms with Crippen molar-refractivity contribution in [2.24, 2.45) is 0 Å². The van der Waals surface area contributed by atoms with Gasteiger partial charge in [0.2, 0.25) is 0 Å². The molecule has 0 aromatic heterocycles. The van der Waals surface area contributed by atoms with Crippen molar-refractivity contribution in [1.29, 1.82) is 0 Å². The molecule has 5 aromatic carbocycles. The van der Waals surface area contributed by atoms with Crippen LogP contribution >= 0.6 is 0 Å². The molecule has 0 saturated heterocycles. The molecule has 0 fully saturated rings. The van der Waals surface area contributed by atoms with E-state index in [0.29, 0.717) is 0 Å². The van der Waals surface area contributed by atoms with Gasteiger partial charge in [-0.15, -0.1) is 0 Å². The summed E-state index contributed by atoms with van der Waals surface area (Å²) >= 11 is 0. The standard InChI is InChI=1S/C42H39NO/c1-2-3-34-44-42-32-30-41(31-33-42)43(39-26-22-37(23-27-39)20-12-10-18-35-14-6-4-7-15-35)40-28-24-38(25-29-40)21-13-11-19-36-16-8-5-9-17-36/h4-33H,2-3,34H2,1H3. The summed E-state index contributed by atoms with van der Waals surface area (Å²) in [6, 6.07) is 46.4. The van der Waals surface area contributed by atoms with Gasteiger partial charge in [-0.2, -0.15) is 0 Å². The number of anilines is 3. The van der Waals surface area contributed by atoms with Crippen LogP contribution in [0, 0.1) is 0 Å². The van der Waals surface area contributed by atoms with E-state index in [9.17, 15) is 0 Å². The fourth-order valence-electron chi connectivity index (χ4n) is 4.74. The summed E-state index contributed by atoms with van der Waals surface area (Å²) < 4.78 is 5.93. The normalized spacial score (nSPS) is 11.7. The average Bonchev–Trinajstić information content (AvgIpc) is 3.08. The first-order valence-corrected chi connectivity index (χ1v) is 15.3. The summed E-state index contributed by atoms with van der Waals surface area (Å²) in [5, 5.41) is 0. The van der Waals surface area contributed by atoms with E-state index in [1.165, 1.54) is 11.1 Å². The lowest BCUT2D eigenvalue weighted by Gasteiger charge is -2.26. The Kier molecular flexibility index (Phi) is 11.2. The second-order valence-electron chi connectivity index (χ2n) is 10.5. The Morgan fingerprint density at radius 1 is 0.455 bits per heavy atom. The Morgan fingerprint density at radius 3 is 1.20 bits per heavy atom. The van der Waals surface area contributed by atoms with Gasteiger partial charge in [0.25, 0.3) is 0 Å². The Balaban J connectivity index is 1.34. The zero-order valence-corrected chi connectivity index (χ0v) is 25.3. The first-order valence-electron chi connectivity index (χ1n) is 15.3. The molecule has 0 radical (unpaired) electrons. The van der Waals surface area contributed by atoms with Gasteiger partial charge in [0.1, 0.15) is 5.75 Å². The summed E-state index contributed by atoms with van der Waals surface area (Å²) in [5.74, 6) is 0.898. The molecule has 0 aliphatic rings. The van der Waals surface area contributed by atoms with E-state index in [-0.39, 0.29) is 0 Å². The number of hydrogen-bond donors (Lipinski definition) is 0. The van der Waals surface area contributed by atoms with Gasteiger partial charge in [-0.1, -0.05) is 147 Å². The summed E-state index contributed by atoms with van der Waals surface area (Å²) in [5.41, 5.74) is 7.94. The lowest BCUT2D eigenvalue weighted by atomic mass is 10.1. The van der Waals surface area contributed by atoms with Crippen LogP contribution < -0.4 is 9.64 Å². The van der Waals surface area contributed by atoms with Crippen LogP contribution in [0.5, 0.6) is 5.75 Å². The third kappa shape index (κ3) is 9.08. The highest BCUT2D eigenvalue weighted by Gasteiger charge is 2.12. The third-order valence-corrected chi connectivity index (χ3v) is 7.14. The number of allylic oxidation sites excluding steroid dienone is 4. The van der Waals surface area contributed by atoms with Gasteiger partial charge in [-0.25, -0.2) is 0 Å². The van der Waals surface area contributed by atoms with Crippen molar-refractivity contribution in [3.8, 4) is 5.75 Å². The topological polar surface area (TPSA) is 12.5 Å². The average molecular weight is 574 g/mol. The monoisotopic (exact) mass is 573 g/mol. The highest BCUT2D eigenvalue weighted by atomic mass is 16.5. The minimum absolute atomic E-state index is 0.741. The van der Waals surface area contributed by atoms with Crippen molar-refractivity contribution in [1.82, 2.24) is 0 Å². The molecule has 0 saturated carbocycles. The van der Waals surface area contributed by atoms with Gasteiger partial charge >= 0.3 is 0 Å². The summed E-state index contributed by atoms with van der Waals surface area (Å²) in [6.45, 7) is 2.92. The first kappa shape index (κ1) is 30.1. The van der Waals surface area contributed by atoms with E-state index >= 15 is 0 Å². The zero-order valence-electron chi connectivity index (χ0n) is 25.3.